The Bertz CT molecular complexity index is 1110. The van der Waals surface area contributed by atoms with Crippen LogP contribution in [0.4, 0.5) is 0 Å². The molecule has 1 aromatic heterocycles. The number of halogens is 1. The standard InChI is InChI=1S/C24H24ClN3O/c25-21-7-3-9-23(16-21)28-24(17-22(27-28)8-4-12-26-13-14-29)20-11-10-18-5-1-2-6-19(18)15-20/h1-3,5-7,9-11,15-17,26,29H,4,8,12-14H2. The molecule has 0 saturated carbocycles. The fourth-order valence-electron chi connectivity index (χ4n) is 3.51. The zero-order valence-corrected chi connectivity index (χ0v) is 16.9. The van der Waals surface area contributed by atoms with E-state index in [0.29, 0.717) is 11.6 Å². The van der Waals surface area contributed by atoms with Gasteiger partial charge in [-0.25, -0.2) is 4.68 Å². The van der Waals surface area contributed by atoms with E-state index in [4.69, 9.17) is 21.8 Å². The second-order valence-electron chi connectivity index (χ2n) is 7.05. The molecule has 1 heterocycles. The van der Waals surface area contributed by atoms with Gasteiger partial charge in [0.25, 0.3) is 0 Å². The van der Waals surface area contributed by atoms with Crippen LogP contribution in [0.25, 0.3) is 27.7 Å². The van der Waals surface area contributed by atoms with Gasteiger partial charge >= 0.3 is 0 Å². The molecule has 4 aromatic rings. The minimum atomic E-state index is 0.162. The molecule has 3 aromatic carbocycles. The van der Waals surface area contributed by atoms with Gasteiger partial charge in [0.15, 0.2) is 0 Å². The lowest BCUT2D eigenvalue weighted by molar-refractivity contribution is 0.292. The molecule has 0 spiro atoms. The van der Waals surface area contributed by atoms with Gasteiger partial charge in [0.2, 0.25) is 0 Å². The number of nitrogens with zero attached hydrogens (tertiary/aromatic N) is 2. The molecule has 0 fully saturated rings. The Hall–Kier alpha value is -2.66. The van der Waals surface area contributed by atoms with Gasteiger partial charge in [0.1, 0.15) is 0 Å². The Balaban J connectivity index is 1.69. The van der Waals surface area contributed by atoms with Gasteiger partial charge < -0.3 is 10.4 Å². The molecule has 148 valence electrons. The molecule has 2 N–H and O–H groups in total. The molecular weight excluding hydrogens is 382 g/mol. The maximum atomic E-state index is 8.88. The Morgan fingerprint density at radius 1 is 0.897 bits per heavy atom. The van der Waals surface area contributed by atoms with Crippen LogP contribution in [-0.2, 0) is 6.42 Å². The first-order valence-electron chi connectivity index (χ1n) is 9.90. The minimum absolute atomic E-state index is 0.162. The first kappa shape index (κ1) is 19.6. The van der Waals surface area contributed by atoms with Crippen LogP contribution in [0, 0.1) is 0 Å². The lowest BCUT2D eigenvalue weighted by Gasteiger charge is -2.09. The highest BCUT2D eigenvalue weighted by molar-refractivity contribution is 6.30. The van der Waals surface area contributed by atoms with Crippen molar-refractivity contribution < 1.29 is 5.11 Å². The van der Waals surface area contributed by atoms with E-state index in [1.807, 2.05) is 28.9 Å². The van der Waals surface area contributed by atoms with Gasteiger partial charge in [-0.3, -0.25) is 0 Å². The highest BCUT2D eigenvalue weighted by atomic mass is 35.5. The molecule has 0 radical (unpaired) electrons. The average molecular weight is 406 g/mol. The Morgan fingerprint density at radius 3 is 2.59 bits per heavy atom. The number of aliphatic hydroxyl groups is 1. The molecule has 5 heteroatoms. The Morgan fingerprint density at radius 2 is 1.76 bits per heavy atom. The molecule has 0 aliphatic heterocycles. The monoisotopic (exact) mass is 405 g/mol. The average Bonchev–Trinajstić information content (AvgIpc) is 3.17. The van der Waals surface area contributed by atoms with Crippen LogP contribution in [0.1, 0.15) is 12.1 Å². The Labute approximate surface area is 175 Å². The molecule has 0 aliphatic carbocycles. The third-order valence-electron chi connectivity index (χ3n) is 4.93. The Kier molecular flexibility index (Phi) is 6.25. The molecule has 0 saturated heterocycles. The third kappa shape index (κ3) is 4.67. The van der Waals surface area contributed by atoms with Crippen molar-refractivity contribution in [2.75, 3.05) is 19.7 Å². The van der Waals surface area contributed by atoms with E-state index in [-0.39, 0.29) is 6.61 Å². The van der Waals surface area contributed by atoms with Crippen molar-refractivity contribution in [1.82, 2.24) is 15.1 Å². The lowest BCUT2D eigenvalue weighted by atomic mass is 10.0. The van der Waals surface area contributed by atoms with Crippen molar-refractivity contribution in [3.8, 4) is 16.9 Å². The zero-order chi connectivity index (χ0) is 20.1. The van der Waals surface area contributed by atoms with Gasteiger partial charge in [0, 0.05) is 17.1 Å². The quantitative estimate of drug-likeness (QED) is 0.411. The fraction of sp³-hybridized carbons (Fsp3) is 0.208. The van der Waals surface area contributed by atoms with Gasteiger partial charge in [-0.05, 0) is 60.5 Å². The van der Waals surface area contributed by atoms with E-state index in [1.165, 1.54) is 10.8 Å². The van der Waals surface area contributed by atoms with E-state index in [1.54, 1.807) is 0 Å². The summed E-state index contributed by atoms with van der Waals surface area (Å²) in [4.78, 5) is 0. The van der Waals surface area contributed by atoms with Crippen molar-refractivity contribution in [2.45, 2.75) is 12.8 Å². The van der Waals surface area contributed by atoms with E-state index in [0.717, 1.165) is 42.0 Å². The number of aliphatic hydroxyl groups excluding tert-OH is 1. The van der Waals surface area contributed by atoms with Crippen LogP contribution in [0.3, 0.4) is 0 Å². The van der Waals surface area contributed by atoms with E-state index >= 15 is 0 Å². The van der Waals surface area contributed by atoms with E-state index < -0.39 is 0 Å². The molecule has 0 atom stereocenters. The number of aromatic nitrogens is 2. The molecular formula is C24H24ClN3O. The van der Waals surface area contributed by atoms with Crippen LogP contribution in [0.15, 0.2) is 72.8 Å². The SMILES string of the molecule is OCCNCCCc1cc(-c2ccc3ccccc3c2)n(-c2cccc(Cl)c2)n1. The first-order chi connectivity index (χ1) is 14.2. The summed E-state index contributed by atoms with van der Waals surface area (Å²) in [5.41, 5.74) is 4.17. The van der Waals surface area contributed by atoms with Crippen LogP contribution >= 0.6 is 11.6 Å². The van der Waals surface area contributed by atoms with E-state index in [9.17, 15) is 0 Å². The molecule has 4 rings (SSSR count). The largest absolute Gasteiger partial charge is 0.395 e. The molecule has 0 unspecified atom stereocenters. The lowest BCUT2D eigenvalue weighted by Crippen LogP contribution is -2.19. The van der Waals surface area contributed by atoms with Gasteiger partial charge in [-0.2, -0.15) is 5.10 Å². The second kappa shape index (κ2) is 9.23. The number of benzene rings is 3. The van der Waals surface area contributed by atoms with E-state index in [2.05, 4.69) is 53.8 Å². The van der Waals surface area contributed by atoms with Crippen LogP contribution < -0.4 is 5.32 Å². The first-order valence-corrected chi connectivity index (χ1v) is 10.3. The second-order valence-corrected chi connectivity index (χ2v) is 7.49. The van der Waals surface area contributed by atoms with Crippen LogP contribution in [-0.4, -0.2) is 34.6 Å². The highest BCUT2D eigenvalue weighted by Gasteiger charge is 2.13. The topological polar surface area (TPSA) is 50.1 Å². The summed E-state index contributed by atoms with van der Waals surface area (Å²) < 4.78 is 1.98. The summed E-state index contributed by atoms with van der Waals surface area (Å²) >= 11 is 6.24. The molecule has 0 aliphatic rings. The predicted octanol–water partition coefficient (Wildman–Crippen LogP) is 4.86. The maximum absolute atomic E-state index is 8.88. The summed E-state index contributed by atoms with van der Waals surface area (Å²) in [6.45, 7) is 1.64. The predicted molar refractivity (Wildman–Crippen MR) is 120 cm³/mol. The van der Waals surface area contributed by atoms with Crippen molar-refractivity contribution in [2.24, 2.45) is 0 Å². The van der Waals surface area contributed by atoms with Crippen molar-refractivity contribution in [1.29, 1.82) is 0 Å². The minimum Gasteiger partial charge on any atom is -0.395 e. The smallest absolute Gasteiger partial charge is 0.0744 e. The number of rotatable bonds is 8. The molecule has 0 bridgehead atoms. The summed E-state index contributed by atoms with van der Waals surface area (Å²) in [6, 6.07) is 24.8. The molecule has 0 amide bonds. The fourth-order valence-corrected chi connectivity index (χ4v) is 3.69. The third-order valence-corrected chi connectivity index (χ3v) is 5.17. The zero-order valence-electron chi connectivity index (χ0n) is 16.2. The van der Waals surface area contributed by atoms with Crippen molar-refractivity contribution in [3.05, 3.63) is 83.5 Å². The number of hydrogen-bond acceptors (Lipinski definition) is 3. The molecule has 29 heavy (non-hydrogen) atoms. The summed E-state index contributed by atoms with van der Waals surface area (Å²) in [5, 5.41) is 20.1. The van der Waals surface area contributed by atoms with Crippen molar-refractivity contribution >= 4 is 22.4 Å². The maximum Gasteiger partial charge on any atom is 0.0744 e. The number of hydrogen-bond donors (Lipinski definition) is 2. The van der Waals surface area contributed by atoms with Gasteiger partial charge in [-0.15, -0.1) is 0 Å². The van der Waals surface area contributed by atoms with Crippen LogP contribution in [0.2, 0.25) is 5.02 Å². The van der Waals surface area contributed by atoms with Crippen molar-refractivity contribution in [3.63, 3.8) is 0 Å². The number of nitrogens with one attached hydrogen (secondary N) is 1. The summed E-state index contributed by atoms with van der Waals surface area (Å²) in [6.07, 6.45) is 1.83. The van der Waals surface area contributed by atoms with Gasteiger partial charge in [-0.1, -0.05) is 54.1 Å². The number of fused-ring (bicyclic) bond motifs is 1. The molecule has 4 nitrogen and oxygen atoms in total. The summed E-state index contributed by atoms with van der Waals surface area (Å²) in [5.74, 6) is 0. The van der Waals surface area contributed by atoms with Gasteiger partial charge in [0.05, 0.1) is 23.7 Å². The highest BCUT2D eigenvalue weighted by Crippen LogP contribution is 2.28. The van der Waals surface area contributed by atoms with Crippen LogP contribution in [0.5, 0.6) is 0 Å². The number of aryl methyl sites for hydroxylation is 1. The summed E-state index contributed by atoms with van der Waals surface area (Å²) in [7, 11) is 0. The normalized spacial score (nSPS) is 11.2.